The van der Waals surface area contributed by atoms with E-state index in [0.717, 1.165) is 18.9 Å². The van der Waals surface area contributed by atoms with Crippen LogP contribution < -0.4 is 10.2 Å². The summed E-state index contributed by atoms with van der Waals surface area (Å²) in [5, 5.41) is 3.09. The molecule has 2 aliphatic rings. The van der Waals surface area contributed by atoms with Crippen LogP contribution in [-0.4, -0.2) is 35.0 Å². The molecule has 1 aliphatic heterocycles. The average Bonchev–Trinajstić information content (AvgIpc) is 2.29. The fraction of sp³-hybridized carbons (Fsp3) is 0.688. The Balaban J connectivity index is 1.55. The lowest BCUT2D eigenvalue weighted by molar-refractivity contribution is -0.129. The van der Waals surface area contributed by atoms with Gasteiger partial charge in [-0.05, 0) is 12.8 Å². The molecule has 0 radical (unpaired) electrons. The second kappa shape index (κ2) is 5.28. The molecule has 0 aromatic carbocycles. The van der Waals surface area contributed by atoms with E-state index in [0.29, 0.717) is 5.92 Å². The van der Waals surface area contributed by atoms with Crippen LogP contribution >= 0.6 is 0 Å². The van der Waals surface area contributed by atoms with E-state index in [9.17, 15) is 4.79 Å². The molecule has 1 aliphatic carbocycles. The molecule has 1 N–H and O–H groups in total. The van der Waals surface area contributed by atoms with E-state index in [1.165, 1.54) is 25.0 Å². The molecule has 21 heavy (non-hydrogen) atoms. The zero-order chi connectivity index (χ0) is 15.0. The molecule has 1 saturated carbocycles. The Morgan fingerprint density at radius 3 is 2.57 bits per heavy atom. The third-order valence-corrected chi connectivity index (χ3v) is 4.42. The van der Waals surface area contributed by atoms with Crippen molar-refractivity contribution in [3.8, 4) is 0 Å². The second-order valence-corrected chi connectivity index (χ2v) is 7.25. The van der Waals surface area contributed by atoms with E-state index >= 15 is 0 Å². The normalized spacial score (nSPS) is 19.9. The maximum atomic E-state index is 11.9. The number of aromatic nitrogens is 2. The number of carbonyl (C=O) groups is 1. The molecule has 1 aromatic heterocycles. The van der Waals surface area contributed by atoms with Gasteiger partial charge in [0.15, 0.2) is 0 Å². The summed E-state index contributed by atoms with van der Waals surface area (Å²) in [6.45, 7) is 7.49. The van der Waals surface area contributed by atoms with E-state index in [1.54, 1.807) is 6.33 Å². The monoisotopic (exact) mass is 288 g/mol. The summed E-state index contributed by atoms with van der Waals surface area (Å²) in [7, 11) is 0. The van der Waals surface area contributed by atoms with E-state index in [4.69, 9.17) is 0 Å². The summed E-state index contributed by atoms with van der Waals surface area (Å²) >= 11 is 0. The molecule has 0 bridgehead atoms. The Morgan fingerprint density at radius 1 is 1.29 bits per heavy atom. The molecule has 114 valence electrons. The largest absolute Gasteiger partial charge is 0.352 e. The first kappa shape index (κ1) is 14.3. The molecule has 5 nitrogen and oxygen atoms in total. The first-order chi connectivity index (χ1) is 9.93. The van der Waals surface area contributed by atoms with E-state index in [2.05, 4.69) is 26.3 Å². The van der Waals surface area contributed by atoms with Crippen molar-refractivity contribution < 1.29 is 4.79 Å². The van der Waals surface area contributed by atoms with Gasteiger partial charge in [-0.25, -0.2) is 9.97 Å². The van der Waals surface area contributed by atoms with Gasteiger partial charge in [0, 0.05) is 36.2 Å². The first-order valence-electron chi connectivity index (χ1n) is 7.81. The van der Waals surface area contributed by atoms with E-state index in [1.807, 2.05) is 20.8 Å². The van der Waals surface area contributed by atoms with Crippen molar-refractivity contribution in [2.45, 2.75) is 52.0 Å². The van der Waals surface area contributed by atoms with Crippen molar-refractivity contribution >= 4 is 11.7 Å². The minimum absolute atomic E-state index is 0.116. The quantitative estimate of drug-likeness (QED) is 0.925. The standard InChI is InChI=1S/C16H24N4O/c1-16(2,3)15(21)19-12-8-20(9-12)14-7-13(17-10-18-14)11-5-4-6-11/h7,10-12H,4-6,8-9H2,1-3H3,(H,19,21). The van der Waals surface area contributed by atoms with Gasteiger partial charge in [-0.3, -0.25) is 4.79 Å². The highest BCUT2D eigenvalue weighted by Crippen LogP contribution is 2.36. The Morgan fingerprint density at radius 2 is 2.00 bits per heavy atom. The fourth-order valence-electron chi connectivity index (χ4n) is 2.62. The van der Waals surface area contributed by atoms with Crippen LogP contribution in [0.2, 0.25) is 0 Å². The third kappa shape index (κ3) is 3.01. The van der Waals surface area contributed by atoms with E-state index < -0.39 is 0 Å². The summed E-state index contributed by atoms with van der Waals surface area (Å²) in [5.41, 5.74) is 0.848. The molecule has 2 fully saturated rings. The highest BCUT2D eigenvalue weighted by molar-refractivity contribution is 5.82. The zero-order valence-electron chi connectivity index (χ0n) is 13.1. The molecule has 0 spiro atoms. The number of rotatable bonds is 3. The molecule has 1 saturated heterocycles. The summed E-state index contributed by atoms with van der Waals surface area (Å²) in [6, 6.07) is 2.35. The molecular weight excluding hydrogens is 264 g/mol. The predicted molar refractivity (Wildman–Crippen MR) is 82.2 cm³/mol. The first-order valence-corrected chi connectivity index (χ1v) is 7.81. The number of carbonyl (C=O) groups excluding carboxylic acids is 1. The second-order valence-electron chi connectivity index (χ2n) is 7.25. The van der Waals surface area contributed by atoms with Crippen molar-refractivity contribution in [2.75, 3.05) is 18.0 Å². The lowest BCUT2D eigenvalue weighted by atomic mass is 9.83. The lowest BCUT2D eigenvalue weighted by Crippen LogP contribution is -2.61. The van der Waals surface area contributed by atoms with Crippen LogP contribution in [-0.2, 0) is 4.79 Å². The molecule has 5 heteroatoms. The molecule has 0 unspecified atom stereocenters. The number of nitrogens with one attached hydrogen (secondary N) is 1. The van der Waals surface area contributed by atoms with Gasteiger partial charge < -0.3 is 10.2 Å². The van der Waals surface area contributed by atoms with E-state index in [-0.39, 0.29) is 17.4 Å². The van der Waals surface area contributed by atoms with Crippen LogP contribution in [0.5, 0.6) is 0 Å². The Kier molecular flexibility index (Phi) is 3.59. The summed E-state index contributed by atoms with van der Waals surface area (Å²) in [6.07, 6.45) is 5.49. The van der Waals surface area contributed by atoms with Gasteiger partial charge in [-0.2, -0.15) is 0 Å². The van der Waals surface area contributed by atoms with Gasteiger partial charge in [0.05, 0.1) is 6.04 Å². The summed E-state index contributed by atoms with van der Waals surface area (Å²) in [5.74, 6) is 1.74. The van der Waals surface area contributed by atoms with Crippen LogP contribution in [0.4, 0.5) is 5.82 Å². The minimum Gasteiger partial charge on any atom is -0.352 e. The number of nitrogens with zero attached hydrogens (tertiary/aromatic N) is 3. The van der Waals surface area contributed by atoms with Crippen LogP contribution in [0.25, 0.3) is 0 Å². The van der Waals surface area contributed by atoms with Gasteiger partial charge in [0.25, 0.3) is 0 Å². The Bertz CT molecular complexity index is 527. The number of hydrogen-bond acceptors (Lipinski definition) is 4. The molecule has 1 aromatic rings. The van der Waals surface area contributed by atoms with Gasteiger partial charge in [-0.1, -0.05) is 27.2 Å². The van der Waals surface area contributed by atoms with Crippen molar-refractivity contribution in [2.24, 2.45) is 5.41 Å². The summed E-state index contributed by atoms with van der Waals surface area (Å²) < 4.78 is 0. The smallest absolute Gasteiger partial charge is 0.225 e. The van der Waals surface area contributed by atoms with Crippen LogP contribution in [0.3, 0.4) is 0 Å². The third-order valence-electron chi connectivity index (χ3n) is 4.42. The van der Waals surface area contributed by atoms with Crippen LogP contribution in [0.15, 0.2) is 12.4 Å². The van der Waals surface area contributed by atoms with Gasteiger partial charge in [-0.15, -0.1) is 0 Å². The van der Waals surface area contributed by atoms with Gasteiger partial charge >= 0.3 is 0 Å². The topological polar surface area (TPSA) is 58.1 Å². The van der Waals surface area contributed by atoms with Gasteiger partial charge in [0.1, 0.15) is 12.1 Å². The van der Waals surface area contributed by atoms with Crippen LogP contribution in [0, 0.1) is 5.41 Å². The van der Waals surface area contributed by atoms with Crippen molar-refractivity contribution in [1.82, 2.24) is 15.3 Å². The highest BCUT2D eigenvalue weighted by Gasteiger charge is 2.32. The molecule has 1 amide bonds. The maximum Gasteiger partial charge on any atom is 0.225 e. The lowest BCUT2D eigenvalue weighted by Gasteiger charge is -2.41. The predicted octanol–water partition coefficient (Wildman–Crippen LogP) is 2.09. The highest BCUT2D eigenvalue weighted by atomic mass is 16.2. The number of amides is 1. The molecule has 3 rings (SSSR count). The SMILES string of the molecule is CC(C)(C)C(=O)NC1CN(c2cc(C3CCC3)ncn2)C1. The number of hydrogen-bond donors (Lipinski definition) is 1. The number of anilines is 1. The van der Waals surface area contributed by atoms with Crippen molar-refractivity contribution in [1.29, 1.82) is 0 Å². The fourth-order valence-corrected chi connectivity index (χ4v) is 2.62. The van der Waals surface area contributed by atoms with Crippen molar-refractivity contribution in [3.63, 3.8) is 0 Å². The molecule has 0 atom stereocenters. The Hall–Kier alpha value is -1.65. The average molecular weight is 288 g/mol. The van der Waals surface area contributed by atoms with Crippen molar-refractivity contribution in [3.05, 3.63) is 18.1 Å². The van der Waals surface area contributed by atoms with Crippen LogP contribution in [0.1, 0.15) is 51.6 Å². The van der Waals surface area contributed by atoms with Gasteiger partial charge in [0.2, 0.25) is 5.91 Å². The molecular formula is C16H24N4O. The molecule has 2 heterocycles. The minimum atomic E-state index is -0.327. The summed E-state index contributed by atoms with van der Waals surface area (Å²) in [4.78, 5) is 22.9. The zero-order valence-corrected chi connectivity index (χ0v) is 13.1. The maximum absolute atomic E-state index is 11.9. The Labute approximate surface area is 126 Å².